The number of aromatic nitrogens is 1. The molecule has 0 spiro atoms. The van der Waals surface area contributed by atoms with Crippen LogP contribution in [-0.2, 0) is 10.2 Å². The first-order chi connectivity index (χ1) is 11.3. The van der Waals surface area contributed by atoms with Gasteiger partial charge >= 0.3 is 0 Å². The van der Waals surface area contributed by atoms with Crippen molar-refractivity contribution in [1.82, 2.24) is 4.98 Å². The van der Waals surface area contributed by atoms with Gasteiger partial charge in [0.25, 0.3) is 5.91 Å². The van der Waals surface area contributed by atoms with Gasteiger partial charge in [0.2, 0.25) is 5.91 Å². The van der Waals surface area contributed by atoms with Crippen molar-refractivity contribution in [3.8, 4) is 0 Å². The van der Waals surface area contributed by atoms with E-state index in [0.29, 0.717) is 23.7 Å². The highest BCUT2D eigenvalue weighted by atomic mass is 32.1. The SMILES string of the molecule is CC(C)(C)c1csc(NC(=O)c2cccc(N3CCCC3=O)c2)n1. The molecule has 0 atom stereocenters. The van der Waals surface area contributed by atoms with Gasteiger partial charge in [0, 0.05) is 35.0 Å². The van der Waals surface area contributed by atoms with Crippen molar-refractivity contribution in [3.63, 3.8) is 0 Å². The first-order valence-corrected chi connectivity index (χ1v) is 8.90. The van der Waals surface area contributed by atoms with E-state index in [1.54, 1.807) is 23.1 Å². The molecule has 1 fully saturated rings. The molecule has 2 heterocycles. The van der Waals surface area contributed by atoms with E-state index < -0.39 is 0 Å². The molecule has 1 aliphatic heterocycles. The van der Waals surface area contributed by atoms with E-state index in [-0.39, 0.29) is 17.2 Å². The van der Waals surface area contributed by atoms with Crippen LogP contribution in [-0.4, -0.2) is 23.3 Å². The van der Waals surface area contributed by atoms with Crippen molar-refractivity contribution >= 4 is 34.0 Å². The minimum atomic E-state index is -0.210. The second kappa shape index (κ2) is 6.36. The summed E-state index contributed by atoms with van der Waals surface area (Å²) in [6.45, 7) is 6.98. The molecule has 0 bridgehead atoms. The van der Waals surface area contributed by atoms with Crippen LogP contribution in [0.5, 0.6) is 0 Å². The van der Waals surface area contributed by atoms with Gasteiger partial charge in [0.15, 0.2) is 5.13 Å². The lowest BCUT2D eigenvalue weighted by atomic mass is 9.93. The number of nitrogens with one attached hydrogen (secondary N) is 1. The van der Waals surface area contributed by atoms with Gasteiger partial charge in [-0.2, -0.15) is 0 Å². The van der Waals surface area contributed by atoms with Gasteiger partial charge in [-0.25, -0.2) is 4.98 Å². The minimum absolute atomic E-state index is 0.0461. The Morgan fingerprint density at radius 1 is 1.33 bits per heavy atom. The number of nitrogens with zero attached hydrogens (tertiary/aromatic N) is 2. The van der Waals surface area contributed by atoms with Crippen LogP contribution >= 0.6 is 11.3 Å². The zero-order chi connectivity index (χ0) is 17.3. The minimum Gasteiger partial charge on any atom is -0.312 e. The Morgan fingerprint density at radius 3 is 2.75 bits per heavy atom. The molecule has 0 aliphatic carbocycles. The number of carbonyl (C=O) groups excluding carboxylic acids is 2. The first kappa shape index (κ1) is 16.6. The third-order valence-electron chi connectivity index (χ3n) is 3.99. The van der Waals surface area contributed by atoms with Crippen LogP contribution in [0.3, 0.4) is 0 Å². The van der Waals surface area contributed by atoms with Crippen molar-refractivity contribution in [2.45, 2.75) is 39.0 Å². The summed E-state index contributed by atoms with van der Waals surface area (Å²) in [5, 5.41) is 5.40. The third kappa shape index (κ3) is 3.48. The van der Waals surface area contributed by atoms with Crippen LogP contribution in [0, 0.1) is 0 Å². The van der Waals surface area contributed by atoms with E-state index in [4.69, 9.17) is 0 Å². The van der Waals surface area contributed by atoms with E-state index in [0.717, 1.165) is 17.8 Å². The molecule has 1 saturated heterocycles. The molecule has 2 aromatic rings. The lowest BCUT2D eigenvalue weighted by Gasteiger charge is -2.16. The van der Waals surface area contributed by atoms with Gasteiger partial charge in [0.1, 0.15) is 0 Å². The fraction of sp³-hybridized carbons (Fsp3) is 0.389. The average molecular weight is 343 g/mol. The summed E-state index contributed by atoms with van der Waals surface area (Å²) in [5.74, 6) is -0.0967. The zero-order valence-corrected chi connectivity index (χ0v) is 14.9. The molecule has 1 N–H and O–H groups in total. The number of benzene rings is 1. The molecule has 0 unspecified atom stereocenters. The van der Waals surface area contributed by atoms with E-state index >= 15 is 0 Å². The molecule has 1 aromatic carbocycles. The summed E-state index contributed by atoms with van der Waals surface area (Å²) in [6, 6.07) is 7.17. The fourth-order valence-corrected chi connectivity index (χ4v) is 3.51. The van der Waals surface area contributed by atoms with Gasteiger partial charge in [-0.3, -0.25) is 14.9 Å². The topological polar surface area (TPSA) is 62.3 Å². The Bertz CT molecular complexity index is 777. The summed E-state index contributed by atoms with van der Waals surface area (Å²) >= 11 is 1.42. The van der Waals surface area contributed by atoms with Gasteiger partial charge in [-0.15, -0.1) is 11.3 Å². The van der Waals surface area contributed by atoms with Crippen LogP contribution < -0.4 is 10.2 Å². The number of thiazole rings is 1. The van der Waals surface area contributed by atoms with E-state index in [1.165, 1.54) is 11.3 Å². The second-order valence-electron chi connectivity index (χ2n) is 6.94. The van der Waals surface area contributed by atoms with Crippen molar-refractivity contribution in [1.29, 1.82) is 0 Å². The van der Waals surface area contributed by atoms with Crippen LogP contribution in [0.25, 0.3) is 0 Å². The largest absolute Gasteiger partial charge is 0.312 e. The lowest BCUT2D eigenvalue weighted by Crippen LogP contribution is -2.24. The number of anilines is 2. The normalized spacial score (nSPS) is 15.0. The molecule has 2 amide bonds. The maximum Gasteiger partial charge on any atom is 0.257 e. The summed E-state index contributed by atoms with van der Waals surface area (Å²) < 4.78 is 0. The number of amides is 2. The molecular formula is C18H21N3O2S. The van der Waals surface area contributed by atoms with Crippen LogP contribution in [0.1, 0.15) is 49.7 Å². The summed E-state index contributed by atoms with van der Waals surface area (Å²) in [6.07, 6.45) is 1.44. The van der Waals surface area contributed by atoms with Crippen molar-refractivity contribution < 1.29 is 9.59 Å². The van der Waals surface area contributed by atoms with Crippen molar-refractivity contribution in [2.75, 3.05) is 16.8 Å². The standard InChI is InChI=1S/C18H21N3O2S/c1-18(2,3)14-11-24-17(19-14)20-16(23)12-6-4-7-13(10-12)21-9-5-8-15(21)22/h4,6-7,10-11H,5,8-9H2,1-3H3,(H,19,20,23). The maximum absolute atomic E-state index is 12.5. The Hall–Kier alpha value is -2.21. The Kier molecular flexibility index (Phi) is 4.41. The number of carbonyl (C=O) groups is 2. The Balaban J connectivity index is 1.76. The third-order valence-corrected chi connectivity index (χ3v) is 4.74. The first-order valence-electron chi connectivity index (χ1n) is 8.02. The van der Waals surface area contributed by atoms with Crippen LogP contribution in [0.15, 0.2) is 29.6 Å². The molecular weight excluding hydrogens is 322 g/mol. The van der Waals surface area contributed by atoms with Crippen LogP contribution in [0.2, 0.25) is 0 Å². The summed E-state index contributed by atoms with van der Waals surface area (Å²) in [5.41, 5.74) is 2.22. The smallest absolute Gasteiger partial charge is 0.257 e. The van der Waals surface area contributed by atoms with Gasteiger partial charge in [-0.05, 0) is 24.6 Å². The van der Waals surface area contributed by atoms with Crippen molar-refractivity contribution in [3.05, 3.63) is 40.9 Å². The zero-order valence-electron chi connectivity index (χ0n) is 14.1. The quantitative estimate of drug-likeness (QED) is 0.921. The number of rotatable bonds is 3. The van der Waals surface area contributed by atoms with E-state index in [2.05, 4.69) is 31.1 Å². The fourth-order valence-electron chi connectivity index (χ4n) is 2.58. The van der Waals surface area contributed by atoms with Gasteiger partial charge in [0.05, 0.1) is 5.69 Å². The van der Waals surface area contributed by atoms with Crippen molar-refractivity contribution in [2.24, 2.45) is 0 Å². The molecule has 0 radical (unpaired) electrons. The molecule has 24 heavy (non-hydrogen) atoms. The lowest BCUT2D eigenvalue weighted by molar-refractivity contribution is -0.117. The summed E-state index contributed by atoms with van der Waals surface area (Å²) in [7, 11) is 0. The predicted octanol–water partition coefficient (Wildman–Crippen LogP) is 3.82. The monoisotopic (exact) mass is 343 g/mol. The highest BCUT2D eigenvalue weighted by Gasteiger charge is 2.23. The molecule has 1 aromatic heterocycles. The maximum atomic E-state index is 12.5. The average Bonchev–Trinajstić information content (AvgIpc) is 3.16. The molecule has 0 saturated carbocycles. The predicted molar refractivity (Wildman–Crippen MR) is 96.8 cm³/mol. The number of hydrogen-bond donors (Lipinski definition) is 1. The van der Waals surface area contributed by atoms with E-state index in [9.17, 15) is 9.59 Å². The molecule has 3 rings (SSSR count). The number of hydrogen-bond acceptors (Lipinski definition) is 4. The van der Waals surface area contributed by atoms with E-state index in [1.807, 2.05) is 11.4 Å². The molecule has 6 heteroatoms. The molecule has 5 nitrogen and oxygen atoms in total. The highest BCUT2D eigenvalue weighted by Crippen LogP contribution is 2.27. The van der Waals surface area contributed by atoms with Crippen LogP contribution in [0.4, 0.5) is 10.8 Å². The van der Waals surface area contributed by atoms with Gasteiger partial charge < -0.3 is 4.90 Å². The Labute approximate surface area is 145 Å². The highest BCUT2D eigenvalue weighted by molar-refractivity contribution is 7.14. The second-order valence-corrected chi connectivity index (χ2v) is 7.80. The van der Waals surface area contributed by atoms with Gasteiger partial charge in [-0.1, -0.05) is 26.8 Å². The summed E-state index contributed by atoms with van der Waals surface area (Å²) in [4.78, 5) is 30.5. The molecule has 1 aliphatic rings. The molecule has 126 valence electrons. The Morgan fingerprint density at radius 2 is 2.12 bits per heavy atom.